The molecule has 0 aliphatic rings. The van der Waals surface area contributed by atoms with E-state index in [0.717, 1.165) is 11.1 Å². The number of carbonyl (C=O) groups is 2. The van der Waals surface area contributed by atoms with Gasteiger partial charge in [0.25, 0.3) is 5.91 Å². The number of rotatable bonds is 7. The molecular formula is C22H24N4O2. The van der Waals surface area contributed by atoms with Crippen LogP contribution in [0.4, 0.5) is 0 Å². The van der Waals surface area contributed by atoms with E-state index in [2.05, 4.69) is 10.4 Å². The van der Waals surface area contributed by atoms with Gasteiger partial charge in [0, 0.05) is 38.0 Å². The van der Waals surface area contributed by atoms with E-state index < -0.39 is 6.04 Å². The second kappa shape index (κ2) is 8.99. The van der Waals surface area contributed by atoms with Crippen molar-refractivity contribution in [2.75, 3.05) is 7.05 Å². The van der Waals surface area contributed by atoms with E-state index >= 15 is 0 Å². The summed E-state index contributed by atoms with van der Waals surface area (Å²) in [5.74, 6) is -0.247. The van der Waals surface area contributed by atoms with Gasteiger partial charge < -0.3 is 10.2 Å². The molecule has 0 aliphatic carbocycles. The lowest BCUT2D eigenvalue weighted by atomic mass is 10.0. The molecule has 0 bridgehead atoms. The maximum absolute atomic E-state index is 12.8. The van der Waals surface area contributed by atoms with Gasteiger partial charge in [-0.15, -0.1) is 0 Å². The third-order valence-electron chi connectivity index (χ3n) is 4.53. The number of hydrogen-bond acceptors (Lipinski definition) is 3. The van der Waals surface area contributed by atoms with Crippen molar-refractivity contribution in [2.24, 2.45) is 7.05 Å². The quantitative estimate of drug-likeness (QED) is 0.689. The monoisotopic (exact) mass is 376 g/mol. The summed E-state index contributed by atoms with van der Waals surface area (Å²) in [6, 6.07) is 18.2. The Labute approximate surface area is 164 Å². The lowest BCUT2D eigenvalue weighted by Crippen LogP contribution is -2.34. The highest BCUT2D eigenvalue weighted by molar-refractivity contribution is 5.94. The van der Waals surface area contributed by atoms with Gasteiger partial charge in [-0.05, 0) is 17.7 Å². The molecule has 1 aromatic heterocycles. The number of aryl methyl sites for hydroxylation is 1. The number of hydrogen-bond donors (Lipinski definition) is 1. The summed E-state index contributed by atoms with van der Waals surface area (Å²) in [6.07, 6.45) is 3.81. The van der Waals surface area contributed by atoms with E-state index in [1.54, 1.807) is 35.0 Å². The maximum Gasteiger partial charge on any atom is 0.251 e. The number of amides is 2. The first kappa shape index (κ1) is 19.4. The van der Waals surface area contributed by atoms with Crippen LogP contribution in [0.2, 0.25) is 0 Å². The Bertz CT molecular complexity index is 922. The molecule has 28 heavy (non-hydrogen) atoms. The van der Waals surface area contributed by atoms with Crippen LogP contribution >= 0.6 is 0 Å². The number of aromatic nitrogens is 2. The van der Waals surface area contributed by atoms with Crippen molar-refractivity contribution in [3.8, 4) is 0 Å². The summed E-state index contributed by atoms with van der Waals surface area (Å²) in [5, 5.41) is 7.13. The second-order valence-corrected chi connectivity index (χ2v) is 6.78. The number of nitrogens with zero attached hydrogens (tertiary/aromatic N) is 3. The van der Waals surface area contributed by atoms with Gasteiger partial charge in [-0.1, -0.05) is 48.5 Å². The average molecular weight is 376 g/mol. The Balaban J connectivity index is 1.71. The summed E-state index contributed by atoms with van der Waals surface area (Å²) in [4.78, 5) is 27.1. The minimum absolute atomic E-state index is 0.0499. The molecule has 1 heterocycles. The predicted molar refractivity (Wildman–Crippen MR) is 107 cm³/mol. The molecule has 0 fully saturated rings. The van der Waals surface area contributed by atoms with Crippen molar-refractivity contribution in [3.05, 3.63) is 89.7 Å². The zero-order valence-corrected chi connectivity index (χ0v) is 16.1. The third kappa shape index (κ3) is 5.07. The van der Waals surface area contributed by atoms with Gasteiger partial charge >= 0.3 is 0 Å². The molecule has 0 saturated carbocycles. The van der Waals surface area contributed by atoms with Gasteiger partial charge in [0.2, 0.25) is 5.91 Å². The number of carbonyl (C=O) groups excluding carboxylic acids is 2. The fourth-order valence-corrected chi connectivity index (χ4v) is 3.01. The zero-order valence-electron chi connectivity index (χ0n) is 16.1. The maximum atomic E-state index is 12.8. The Kier molecular flexibility index (Phi) is 6.22. The summed E-state index contributed by atoms with van der Waals surface area (Å²) in [7, 11) is 3.60. The normalized spacial score (nSPS) is 11.6. The van der Waals surface area contributed by atoms with Crippen molar-refractivity contribution in [1.29, 1.82) is 0 Å². The summed E-state index contributed by atoms with van der Waals surface area (Å²) in [6.45, 7) is 0.473. The molecule has 6 nitrogen and oxygen atoms in total. The van der Waals surface area contributed by atoms with Crippen LogP contribution in [0.15, 0.2) is 73.1 Å². The Hall–Kier alpha value is -3.41. The molecule has 0 saturated heterocycles. The highest BCUT2D eigenvalue weighted by Gasteiger charge is 2.21. The number of benzene rings is 2. The Morgan fingerprint density at radius 1 is 1.07 bits per heavy atom. The van der Waals surface area contributed by atoms with Gasteiger partial charge in [0.1, 0.15) is 0 Å². The summed E-state index contributed by atoms with van der Waals surface area (Å²) >= 11 is 0. The van der Waals surface area contributed by atoms with E-state index in [4.69, 9.17) is 0 Å². The summed E-state index contributed by atoms with van der Waals surface area (Å²) < 4.78 is 1.71. The first-order chi connectivity index (χ1) is 13.5. The van der Waals surface area contributed by atoms with Crippen LogP contribution in [0.25, 0.3) is 0 Å². The first-order valence-corrected chi connectivity index (χ1v) is 9.15. The highest BCUT2D eigenvalue weighted by Crippen LogP contribution is 2.19. The van der Waals surface area contributed by atoms with E-state index in [0.29, 0.717) is 12.1 Å². The average Bonchev–Trinajstić information content (AvgIpc) is 3.13. The van der Waals surface area contributed by atoms with E-state index in [1.807, 2.05) is 61.8 Å². The van der Waals surface area contributed by atoms with Crippen LogP contribution in [0.1, 0.15) is 33.9 Å². The Morgan fingerprint density at radius 3 is 2.32 bits per heavy atom. The van der Waals surface area contributed by atoms with Crippen molar-refractivity contribution in [2.45, 2.75) is 19.0 Å². The van der Waals surface area contributed by atoms with Crippen LogP contribution in [-0.2, 0) is 18.4 Å². The van der Waals surface area contributed by atoms with Gasteiger partial charge in [0.05, 0.1) is 18.7 Å². The van der Waals surface area contributed by atoms with Crippen molar-refractivity contribution in [3.63, 3.8) is 0 Å². The molecule has 0 aliphatic heterocycles. The lowest BCUT2D eigenvalue weighted by molar-refractivity contribution is -0.130. The Morgan fingerprint density at radius 2 is 1.71 bits per heavy atom. The predicted octanol–water partition coefficient (Wildman–Crippen LogP) is 2.94. The zero-order chi connectivity index (χ0) is 19.9. The fourth-order valence-electron chi connectivity index (χ4n) is 3.01. The van der Waals surface area contributed by atoms with Crippen LogP contribution in [0, 0.1) is 0 Å². The van der Waals surface area contributed by atoms with Crippen LogP contribution in [-0.4, -0.2) is 33.5 Å². The van der Waals surface area contributed by atoms with Crippen molar-refractivity contribution >= 4 is 11.8 Å². The SMILES string of the molecule is CN(Cc1cnn(C)c1)C(=O)CC(NC(=O)c1ccccc1)c1ccccc1. The van der Waals surface area contributed by atoms with Crippen LogP contribution in [0.5, 0.6) is 0 Å². The molecule has 1 unspecified atom stereocenters. The smallest absolute Gasteiger partial charge is 0.251 e. The van der Waals surface area contributed by atoms with Gasteiger partial charge in [-0.25, -0.2) is 0 Å². The van der Waals surface area contributed by atoms with Crippen LogP contribution in [0.3, 0.4) is 0 Å². The molecule has 0 radical (unpaired) electrons. The van der Waals surface area contributed by atoms with Gasteiger partial charge in [-0.3, -0.25) is 14.3 Å². The minimum Gasteiger partial charge on any atom is -0.345 e. The van der Waals surface area contributed by atoms with E-state index in [1.165, 1.54) is 0 Å². The highest BCUT2D eigenvalue weighted by atomic mass is 16.2. The minimum atomic E-state index is -0.405. The standard InChI is InChI=1S/C22H24N4O2/c1-25(15-17-14-23-26(2)16-17)21(27)13-20(18-9-5-3-6-10-18)24-22(28)19-11-7-4-8-12-19/h3-12,14,16,20H,13,15H2,1-2H3,(H,24,28). The second-order valence-electron chi connectivity index (χ2n) is 6.78. The van der Waals surface area contributed by atoms with Crippen molar-refractivity contribution < 1.29 is 9.59 Å². The molecule has 3 rings (SSSR count). The number of nitrogens with one attached hydrogen (secondary N) is 1. The molecular weight excluding hydrogens is 352 g/mol. The largest absolute Gasteiger partial charge is 0.345 e. The molecule has 2 aromatic carbocycles. The van der Waals surface area contributed by atoms with Crippen LogP contribution < -0.4 is 5.32 Å². The molecule has 0 spiro atoms. The molecule has 2 amide bonds. The van der Waals surface area contributed by atoms with Gasteiger partial charge in [-0.2, -0.15) is 5.10 Å². The molecule has 1 N–H and O–H groups in total. The molecule has 6 heteroatoms. The van der Waals surface area contributed by atoms with Crippen molar-refractivity contribution in [1.82, 2.24) is 20.0 Å². The third-order valence-corrected chi connectivity index (χ3v) is 4.53. The lowest BCUT2D eigenvalue weighted by Gasteiger charge is -2.23. The topological polar surface area (TPSA) is 67.2 Å². The van der Waals surface area contributed by atoms with Gasteiger partial charge in [0.15, 0.2) is 0 Å². The first-order valence-electron chi connectivity index (χ1n) is 9.15. The van der Waals surface area contributed by atoms with E-state index in [9.17, 15) is 9.59 Å². The molecule has 1 atom stereocenters. The fraction of sp³-hybridized carbons (Fsp3) is 0.227. The molecule has 3 aromatic rings. The molecule has 144 valence electrons. The van der Waals surface area contributed by atoms with E-state index in [-0.39, 0.29) is 18.2 Å². The summed E-state index contributed by atoms with van der Waals surface area (Å²) in [5.41, 5.74) is 2.43.